The zero-order valence-corrected chi connectivity index (χ0v) is 12.5. The van der Waals surface area contributed by atoms with Crippen LogP contribution in [-0.2, 0) is 0 Å². The third kappa shape index (κ3) is 3.54. The fourth-order valence-corrected chi connectivity index (χ4v) is 2.95. The van der Waals surface area contributed by atoms with Gasteiger partial charge in [-0.2, -0.15) is 0 Å². The average Bonchev–Trinajstić information content (AvgIpc) is 2.38. The number of benzene rings is 1. The first-order valence-electron chi connectivity index (χ1n) is 6.59. The van der Waals surface area contributed by atoms with Crippen molar-refractivity contribution in [1.82, 2.24) is 10.2 Å². The van der Waals surface area contributed by atoms with E-state index in [2.05, 4.69) is 33.1 Å². The van der Waals surface area contributed by atoms with Crippen molar-refractivity contribution in [3.05, 3.63) is 34.1 Å². The highest BCUT2D eigenvalue weighted by Gasteiger charge is 2.23. The van der Waals surface area contributed by atoms with Crippen molar-refractivity contribution in [3.8, 4) is 0 Å². The van der Waals surface area contributed by atoms with Gasteiger partial charge in [0.1, 0.15) is 5.82 Å². The molecule has 1 heterocycles. The summed E-state index contributed by atoms with van der Waals surface area (Å²) >= 11 is 3.23. The number of halogens is 2. The summed E-state index contributed by atoms with van der Waals surface area (Å²) in [4.78, 5) is 14.4. The zero-order valence-electron chi connectivity index (χ0n) is 11.0. The van der Waals surface area contributed by atoms with Gasteiger partial charge >= 0.3 is 0 Å². The number of carbonyl (C=O) groups excluding carboxylic acids is 1. The number of carbonyl (C=O) groups is 1. The Labute approximate surface area is 121 Å². The monoisotopic (exact) mass is 328 g/mol. The van der Waals surface area contributed by atoms with Crippen LogP contribution in [0.2, 0.25) is 0 Å². The highest BCUT2D eigenvalue weighted by atomic mass is 79.9. The quantitative estimate of drug-likeness (QED) is 0.925. The third-order valence-electron chi connectivity index (χ3n) is 3.48. The Kier molecular flexibility index (Phi) is 4.93. The lowest BCUT2D eigenvalue weighted by molar-refractivity contribution is 0.0901. The van der Waals surface area contributed by atoms with E-state index >= 15 is 0 Å². The highest BCUT2D eigenvalue weighted by molar-refractivity contribution is 9.10. The minimum absolute atomic E-state index is 0.0936. The number of likely N-dealkylation sites (tertiary alicyclic amines) is 1. The molecule has 1 unspecified atom stereocenters. The molecule has 1 N–H and O–H groups in total. The molecule has 0 aromatic heterocycles. The second kappa shape index (κ2) is 6.48. The zero-order chi connectivity index (χ0) is 13.8. The van der Waals surface area contributed by atoms with Crippen LogP contribution in [0.15, 0.2) is 22.7 Å². The van der Waals surface area contributed by atoms with Gasteiger partial charge in [0, 0.05) is 17.1 Å². The van der Waals surface area contributed by atoms with Gasteiger partial charge in [0.25, 0.3) is 5.91 Å². The maximum Gasteiger partial charge on any atom is 0.255 e. The van der Waals surface area contributed by atoms with Gasteiger partial charge in [0.05, 0.1) is 5.56 Å². The van der Waals surface area contributed by atoms with Crippen LogP contribution in [0.1, 0.15) is 30.1 Å². The molecule has 1 amide bonds. The summed E-state index contributed by atoms with van der Waals surface area (Å²) in [7, 11) is 0. The van der Waals surface area contributed by atoms with Crippen molar-refractivity contribution in [2.24, 2.45) is 0 Å². The molecule has 0 bridgehead atoms. The van der Waals surface area contributed by atoms with Gasteiger partial charge in [0.2, 0.25) is 0 Å². The average molecular weight is 329 g/mol. The van der Waals surface area contributed by atoms with E-state index in [4.69, 9.17) is 0 Å². The van der Waals surface area contributed by atoms with E-state index in [9.17, 15) is 9.18 Å². The number of amides is 1. The maximum atomic E-state index is 13.7. The standard InChI is InChI=1S/C14H18BrFN2O/c1-2-18-8-4-5-10(9-18)17-14(19)13-11(15)6-3-7-12(13)16/h3,6-7,10H,2,4-5,8-9H2,1H3,(H,17,19). The number of nitrogens with one attached hydrogen (secondary N) is 1. The van der Waals surface area contributed by atoms with Crippen molar-refractivity contribution >= 4 is 21.8 Å². The van der Waals surface area contributed by atoms with Crippen LogP contribution in [-0.4, -0.2) is 36.5 Å². The lowest BCUT2D eigenvalue weighted by atomic mass is 10.0. The Morgan fingerprint density at radius 1 is 1.58 bits per heavy atom. The van der Waals surface area contributed by atoms with E-state index in [1.807, 2.05) is 0 Å². The summed E-state index contributed by atoms with van der Waals surface area (Å²) in [5.41, 5.74) is 0.0936. The number of piperidine rings is 1. The normalized spacial score (nSPS) is 20.3. The van der Waals surface area contributed by atoms with Crippen LogP contribution in [0.4, 0.5) is 4.39 Å². The summed E-state index contributed by atoms with van der Waals surface area (Å²) in [6, 6.07) is 4.67. The molecule has 104 valence electrons. The van der Waals surface area contributed by atoms with Crippen molar-refractivity contribution in [2.75, 3.05) is 19.6 Å². The minimum atomic E-state index is -0.491. The van der Waals surface area contributed by atoms with Gasteiger partial charge in [0.15, 0.2) is 0 Å². The fourth-order valence-electron chi connectivity index (χ4n) is 2.43. The van der Waals surface area contributed by atoms with Crippen LogP contribution in [0.3, 0.4) is 0 Å². The van der Waals surface area contributed by atoms with E-state index in [-0.39, 0.29) is 17.5 Å². The van der Waals surface area contributed by atoms with Gasteiger partial charge in [-0.15, -0.1) is 0 Å². The van der Waals surface area contributed by atoms with Crippen LogP contribution < -0.4 is 5.32 Å². The second-order valence-corrected chi connectivity index (χ2v) is 5.66. The molecule has 19 heavy (non-hydrogen) atoms. The van der Waals surface area contributed by atoms with Crippen LogP contribution in [0.25, 0.3) is 0 Å². The Hall–Kier alpha value is -0.940. The summed E-state index contributed by atoms with van der Waals surface area (Å²) in [6.07, 6.45) is 2.02. The molecule has 1 saturated heterocycles. The first-order chi connectivity index (χ1) is 9.11. The van der Waals surface area contributed by atoms with Crippen molar-refractivity contribution < 1.29 is 9.18 Å². The molecule has 2 rings (SSSR count). The first-order valence-corrected chi connectivity index (χ1v) is 7.38. The molecular weight excluding hydrogens is 311 g/mol. The van der Waals surface area contributed by atoms with Gasteiger partial charge in [-0.05, 0) is 54.0 Å². The number of hydrogen-bond acceptors (Lipinski definition) is 2. The predicted octanol–water partition coefficient (Wildman–Crippen LogP) is 2.80. The summed E-state index contributed by atoms with van der Waals surface area (Å²) in [5.74, 6) is -0.831. The molecule has 1 aromatic carbocycles. The molecule has 0 aliphatic carbocycles. The van der Waals surface area contributed by atoms with Gasteiger partial charge in [-0.1, -0.05) is 13.0 Å². The van der Waals surface area contributed by atoms with Crippen LogP contribution in [0, 0.1) is 5.82 Å². The number of hydrogen-bond donors (Lipinski definition) is 1. The van der Waals surface area contributed by atoms with E-state index < -0.39 is 5.82 Å². The van der Waals surface area contributed by atoms with Gasteiger partial charge in [-0.25, -0.2) is 4.39 Å². The summed E-state index contributed by atoms with van der Waals surface area (Å²) < 4.78 is 14.2. The Balaban J connectivity index is 2.05. The molecule has 1 aliphatic rings. The largest absolute Gasteiger partial charge is 0.348 e. The SMILES string of the molecule is CCN1CCCC(NC(=O)c2c(F)cccc2Br)C1. The first kappa shape index (κ1) is 14.5. The molecule has 3 nitrogen and oxygen atoms in total. The van der Waals surface area contributed by atoms with Gasteiger partial charge < -0.3 is 10.2 Å². The molecular formula is C14H18BrFN2O. The number of nitrogens with zero attached hydrogens (tertiary/aromatic N) is 1. The molecule has 5 heteroatoms. The van der Waals surface area contributed by atoms with Gasteiger partial charge in [-0.3, -0.25) is 4.79 Å². The minimum Gasteiger partial charge on any atom is -0.348 e. The van der Waals surface area contributed by atoms with Crippen LogP contribution >= 0.6 is 15.9 Å². The van der Waals surface area contributed by atoms with Crippen molar-refractivity contribution in [1.29, 1.82) is 0 Å². The molecule has 1 atom stereocenters. The molecule has 0 radical (unpaired) electrons. The number of rotatable bonds is 3. The Bertz CT molecular complexity index is 447. The summed E-state index contributed by atoms with van der Waals surface area (Å²) in [5, 5.41) is 2.93. The van der Waals surface area contributed by atoms with E-state index in [1.54, 1.807) is 12.1 Å². The molecule has 0 spiro atoms. The van der Waals surface area contributed by atoms with Crippen LogP contribution in [0.5, 0.6) is 0 Å². The smallest absolute Gasteiger partial charge is 0.255 e. The summed E-state index contributed by atoms with van der Waals surface area (Å²) in [6.45, 7) is 5.01. The second-order valence-electron chi connectivity index (χ2n) is 4.80. The predicted molar refractivity (Wildman–Crippen MR) is 76.7 cm³/mol. The lowest BCUT2D eigenvalue weighted by Gasteiger charge is -2.32. The Morgan fingerprint density at radius 2 is 2.37 bits per heavy atom. The fraction of sp³-hybridized carbons (Fsp3) is 0.500. The van der Waals surface area contributed by atoms with E-state index in [0.29, 0.717) is 4.47 Å². The molecule has 0 saturated carbocycles. The molecule has 1 aliphatic heterocycles. The number of likely N-dealkylation sites (N-methyl/N-ethyl adjacent to an activating group) is 1. The lowest BCUT2D eigenvalue weighted by Crippen LogP contribution is -2.47. The Morgan fingerprint density at radius 3 is 3.05 bits per heavy atom. The maximum absolute atomic E-state index is 13.7. The third-order valence-corrected chi connectivity index (χ3v) is 4.14. The molecule has 1 fully saturated rings. The topological polar surface area (TPSA) is 32.3 Å². The highest BCUT2D eigenvalue weighted by Crippen LogP contribution is 2.20. The van der Waals surface area contributed by atoms with Crippen molar-refractivity contribution in [3.63, 3.8) is 0 Å². The van der Waals surface area contributed by atoms with E-state index in [0.717, 1.165) is 32.5 Å². The van der Waals surface area contributed by atoms with E-state index in [1.165, 1.54) is 6.07 Å². The molecule has 1 aromatic rings. The van der Waals surface area contributed by atoms with Crippen molar-refractivity contribution in [2.45, 2.75) is 25.8 Å².